The summed E-state index contributed by atoms with van der Waals surface area (Å²) in [5.74, 6) is -0.279. The van der Waals surface area contributed by atoms with Crippen LogP contribution in [-0.2, 0) is 6.18 Å². The molecule has 2 aromatic heterocycles. The summed E-state index contributed by atoms with van der Waals surface area (Å²) in [6, 6.07) is 8.82. The number of aromatic nitrogens is 2. The molecule has 158 valence electrons. The summed E-state index contributed by atoms with van der Waals surface area (Å²) in [4.78, 5) is 19.3. The second kappa shape index (κ2) is 7.64. The van der Waals surface area contributed by atoms with Crippen LogP contribution in [-0.4, -0.2) is 42.2 Å². The largest absolute Gasteiger partial charge is 0.496 e. The van der Waals surface area contributed by atoms with Crippen molar-refractivity contribution < 1.29 is 17.9 Å². The van der Waals surface area contributed by atoms with Gasteiger partial charge in [0.2, 0.25) is 0 Å². The van der Waals surface area contributed by atoms with Crippen molar-refractivity contribution in [2.45, 2.75) is 19.1 Å². The van der Waals surface area contributed by atoms with Gasteiger partial charge >= 0.3 is 6.18 Å². The fourth-order valence-corrected chi connectivity index (χ4v) is 3.68. The van der Waals surface area contributed by atoms with E-state index in [0.717, 1.165) is 31.4 Å². The van der Waals surface area contributed by atoms with E-state index in [1.165, 1.54) is 29.7 Å². The van der Waals surface area contributed by atoms with E-state index in [9.17, 15) is 18.0 Å². The van der Waals surface area contributed by atoms with Crippen molar-refractivity contribution in [2.24, 2.45) is 0 Å². The maximum absolute atomic E-state index is 13.3. The highest BCUT2D eigenvalue weighted by atomic mass is 19.4. The van der Waals surface area contributed by atoms with Crippen LogP contribution in [0.3, 0.4) is 0 Å². The van der Waals surface area contributed by atoms with Crippen molar-refractivity contribution in [3.05, 3.63) is 58.5 Å². The lowest BCUT2D eigenvalue weighted by atomic mass is 10.1. The standard InChI is InChI=1S/C21H21F3N4O2/c1-13-11-27(8-7-25-13)15-4-6-19-26-17(10-20(29)28(19)12-15)14-3-5-18(30-2)16(9-14)21(22,23)24/h3-6,9-10,12-13,25H,7-8,11H2,1-2H3/t13-/m0/s1. The number of hydrogen-bond donors (Lipinski definition) is 1. The van der Waals surface area contributed by atoms with Crippen LogP contribution in [0, 0.1) is 0 Å². The van der Waals surface area contributed by atoms with Gasteiger partial charge in [-0.25, -0.2) is 4.98 Å². The van der Waals surface area contributed by atoms with E-state index >= 15 is 0 Å². The van der Waals surface area contributed by atoms with Crippen LogP contribution in [0.1, 0.15) is 12.5 Å². The van der Waals surface area contributed by atoms with Crippen molar-refractivity contribution in [3.8, 4) is 17.0 Å². The predicted octanol–water partition coefficient (Wildman–Crippen LogP) is 3.19. The molecule has 0 aliphatic carbocycles. The Labute approximate surface area is 170 Å². The lowest BCUT2D eigenvalue weighted by molar-refractivity contribution is -0.138. The summed E-state index contributed by atoms with van der Waals surface area (Å²) in [6.07, 6.45) is -2.86. The Morgan fingerprint density at radius 3 is 2.70 bits per heavy atom. The molecule has 1 N–H and O–H groups in total. The van der Waals surface area contributed by atoms with Crippen LogP contribution < -0.4 is 20.5 Å². The fourth-order valence-electron chi connectivity index (χ4n) is 3.68. The first-order valence-corrected chi connectivity index (χ1v) is 9.53. The minimum atomic E-state index is -4.58. The van der Waals surface area contributed by atoms with Gasteiger partial charge in [0.05, 0.1) is 24.1 Å². The van der Waals surface area contributed by atoms with Crippen LogP contribution in [0.5, 0.6) is 5.75 Å². The molecule has 30 heavy (non-hydrogen) atoms. The zero-order chi connectivity index (χ0) is 21.5. The number of halogens is 3. The second-order valence-corrected chi connectivity index (χ2v) is 7.31. The molecule has 0 saturated carbocycles. The summed E-state index contributed by atoms with van der Waals surface area (Å²) >= 11 is 0. The first kappa shape index (κ1) is 20.2. The number of nitrogens with zero attached hydrogens (tertiary/aromatic N) is 3. The summed E-state index contributed by atoms with van der Waals surface area (Å²) in [5.41, 5.74) is 0.377. The minimum absolute atomic E-state index is 0.177. The average molecular weight is 418 g/mol. The van der Waals surface area contributed by atoms with E-state index in [0.29, 0.717) is 11.7 Å². The molecule has 1 aliphatic rings. The topological polar surface area (TPSA) is 58.9 Å². The van der Waals surface area contributed by atoms with Crippen LogP contribution in [0.4, 0.5) is 18.9 Å². The van der Waals surface area contributed by atoms with Crippen molar-refractivity contribution in [2.75, 3.05) is 31.6 Å². The maximum Gasteiger partial charge on any atom is 0.419 e. The zero-order valence-electron chi connectivity index (χ0n) is 16.5. The maximum atomic E-state index is 13.3. The van der Waals surface area contributed by atoms with Crippen molar-refractivity contribution >= 4 is 11.3 Å². The summed E-state index contributed by atoms with van der Waals surface area (Å²) in [5, 5.41) is 3.37. The Morgan fingerprint density at radius 1 is 1.20 bits per heavy atom. The number of nitrogens with one attached hydrogen (secondary N) is 1. The normalized spacial score (nSPS) is 17.4. The monoisotopic (exact) mass is 418 g/mol. The van der Waals surface area contributed by atoms with Crippen molar-refractivity contribution in [1.29, 1.82) is 0 Å². The molecular formula is C21H21F3N4O2. The highest BCUT2D eigenvalue weighted by Gasteiger charge is 2.34. The van der Waals surface area contributed by atoms with Gasteiger partial charge < -0.3 is 15.0 Å². The number of benzene rings is 1. The molecule has 1 saturated heterocycles. The molecule has 0 unspecified atom stereocenters. The average Bonchev–Trinajstić information content (AvgIpc) is 2.72. The molecule has 0 radical (unpaired) electrons. The quantitative estimate of drug-likeness (QED) is 0.708. The molecule has 1 atom stereocenters. The molecule has 4 rings (SSSR count). The van der Waals surface area contributed by atoms with E-state index in [-0.39, 0.29) is 22.6 Å². The van der Waals surface area contributed by atoms with Crippen LogP contribution in [0.25, 0.3) is 16.9 Å². The Kier molecular flexibility index (Phi) is 5.15. The van der Waals surface area contributed by atoms with Gasteiger partial charge in [-0.2, -0.15) is 13.2 Å². The summed E-state index contributed by atoms with van der Waals surface area (Å²) < 4.78 is 46.2. The summed E-state index contributed by atoms with van der Waals surface area (Å²) in [6.45, 7) is 4.58. The first-order valence-electron chi connectivity index (χ1n) is 9.53. The number of hydrogen-bond acceptors (Lipinski definition) is 5. The number of pyridine rings is 1. The Balaban J connectivity index is 1.75. The minimum Gasteiger partial charge on any atom is -0.496 e. The van der Waals surface area contributed by atoms with Crippen LogP contribution >= 0.6 is 0 Å². The number of rotatable bonds is 3. The summed E-state index contributed by atoms with van der Waals surface area (Å²) in [7, 11) is 1.18. The number of methoxy groups -OCH3 is 1. The second-order valence-electron chi connectivity index (χ2n) is 7.31. The van der Waals surface area contributed by atoms with Gasteiger partial charge in [-0.3, -0.25) is 9.20 Å². The lowest BCUT2D eigenvalue weighted by Gasteiger charge is -2.33. The van der Waals surface area contributed by atoms with Crippen molar-refractivity contribution in [1.82, 2.24) is 14.7 Å². The number of alkyl halides is 3. The van der Waals surface area contributed by atoms with Gasteiger partial charge in [0, 0.05) is 43.5 Å². The van der Waals surface area contributed by atoms with Gasteiger partial charge in [-0.15, -0.1) is 0 Å². The Hall–Kier alpha value is -3.07. The third kappa shape index (κ3) is 3.85. The van der Waals surface area contributed by atoms with Gasteiger partial charge in [-0.05, 0) is 37.3 Å². The van der Waals surface area contributed by atoms with Gasteiger partial charge in [0.15, 0.2) is 0 Å². The van der Waals surface area contributed by atoms with Gasteiger partial charge in [0.25, 0.3) is 5.56 Å². The first-order chi connectivity index (χ1) is 14.3. The number of anilines is 1. The Morgan fingerprint density at radius 2 is 2.00 bits per heavy atom. The number of piperazine rings is 1. The highest BCUT2D eigenvalue weighted by Crippen LogP contribution is 2.38. The van der Waals surface area contributed by atoms with Crippen LogP contribution in [0.15, 0.2) is 47.4 Å². The van der Waals surface area contributed by atoms with Crippen LogP contribution in [0.2, 0.25) is 0 Å². The van der Waals surface area contributed by atoms with Gasteiger partial charge in [0.1, 0.15) is 11.4 Å². The lowest BCUT2D eigenvalue weighted by Crippen LogP contribution is -2.49. The molecule has 0 bridgehead atoms. The third-order valence-corrected chi connectivity index (χ3v) is 5.18. The third-order valence-electron chi connectivity index (χ3n) is 5.18. The molecule has 0 spiro atoms. The smallest absolute Gasteiger partial charge is 0.419 e. The molecule has 6 nitrogen and oxygen atoms in total. The van der Waals surface area contributed by atoms with E-state index in [1.54, 1.807) is 12.3 Å². The molecule has 1 fully saturated rings. The fraction of sp³-hybridized carbons (Fsp3) is 0.333. The molecular weight excluding hydrogens is 397 g/mol. The zero-order valence-corrected chi connectivity index (χ0v) is 16.5. The van der Waals surface area contributed by atoms with E-state index in [4.69, 9.17) is 4.74 Å². The van der Waals surface area contributed by atoms with E-state index in [2.05, 4.69) is 22.1 Å². The number of fused-ring (bicyclic) bond motifs is 1. The molecule has 1 aromatic carbocycles. The molecule has 9 heteroatoms. The molecule has 0 amide bonds. The highest BCUT2D eigenvalue weighted by molar-refractivity contribution is 5.65. The predicted molar refractivity (Wildman–Crippen MR) is 108 cm³/mol. The number of ether oxygens (including phenoxy) is 1. The SMILES string of the molecule is COc1ccc(-c2cc(=O)n3cc(N4CCN[C@@H](C)C4)ccc3n2)cc1C(F)(F)F. The molecule has 3 heterocycles. The van der Waals surface area contributed by atoms with E-state index in [1.807, 2.05) is 6.07 Å². The molecule has 3 aromatic rings. The molecule has 1 aliphatic heterocycles. The van der Waals surface area contributed by atoms with Crippen molar-refractivity contribution in [3.63, 3.8) is 0 Å². The Bertz CT molecular complexity index is 1140. The van der Waals surface area contributed by atoms with Gasteiger partial charge in [-0.1, -0.05) is 0 Å². The van der Waals surface area contributed by atoms with E-state index < -0.39 is 11.7 Å².